The Labute approximate surface area is 115 Å². The summed E-state index contributed by atoms with van der Waals surface area (Å²) in [6.45, 7) is 0.0561. The SMILES string of the molecule is O=C(CNC(=O)c1ccsc1)N[C@@H]1C=C[C@H](CO)C1. The molecule has 0 aliphatic heterocycles. The van der Waals surface area contributed by atoms with Gasteiger partial charge in [0.05, 0.1) is 6.54 Å². The molecule has 3 N–H and O–H groups in total. The van der Waals surface area contributed by atoms with E-state index in [4.69, 9.17) is 5.11 Å². The molecule has 0 aromatic carbocycles. The van der Waals surface area contributed by atoms with Gasteiger partial charge < -0.3 is 15.7 Å². The van der Waals surface area contributed by atoms with Crippen LogP contribution in [0.4, 0.5) is 0 Å². The number of nitrogens with one attached hydrogen (secondary N) is 2. The molecule has 0 radical (unpaired) electrons. The van der Waals surface area contributed by atoms with Crippen molar-refractivity contribution in [1.29, 1.82) is 0 Å². The third-order valence-electron chi connectivity index (χ3n) is 2.95. The summed E-state index contributed by atoms with van der Waals surface area (Å²) in [7, 11) is 0. The predicted molar refractivity (Wildman–Crippen MR) is 72.9 cm³/mol. The molecule has 0 fully saturated rings. The van der Waals surface area contributed by atoms with Gasteiger partial charge in [-0.1, -0.05) is 12.2 Å². The van der Waals surface area contributed by atoms with Gasteiger partial charge in [-0.3, -0.25) is 9.59 Å². The maximum absolute atomic E-state index is 11.6. The zero-order chi connectivity index (χ0) is 13.7. The molecule has 2 amide bonds. The zero-order valence-corrected chi connectivity index (χ0v) is 11.2. The normalized spacial score (nSPS) is 21.3. The van der Waals surface area contributed by atoms with Crippen molar-refractivity contribution in [2.45, 2.75) is 12.5 Å². The predicted octanol–water partition coefficient (Wildman–Crippen LogP) is 0.531. The summed E-state index contributed by atoms with van der Waals surface area (Å²) < 4.78 is 0. The molecule has 2 atom stereocenters. The molecule has 6 heteroatoms. The Morgan fingerprint density at radius 2 is 2.26 bits per heavy atom. The van der Waals surface area contributed by atoms with Crippen LogP contribution >= 0.6 is 11.3 Å². The zero-order valence-electron chi connectivity index (χ0n) is 10.3. The molecule has 102 valence electrons. The Bertz CT molecular complexity index is 470. The van der Waals surface area contributed by atoms with E-state index in [9.17, 15) is 9.59 Å². The Hall–Kier alpha value is -1.66. The molecule has 0 saturated heterocycles. The molecule has 19 heavy (non-hydrogen) atoms. The number of thiophene rings is 1. The molecule has 1 aliphatic carbocycles. The summed E-state index contributed by atoms with van der Waals surface area (Å²) in [5.41, 5.74) is 0.568. The van der Waals surface area contributed by atoms with Crippen molar-refractivity contribution >= 4 is 23.2 Å². The van der Waals surface area contributed by atoms with Crippen LogP contribution in [0.1, 0.15) is 16.8 Å². The van der Waals surface area contributed by atoms with Gasteiger partial charge in [-0.25, -0.2) is 0 Å². The molecule has 0 spiro atoms. The number of rotatable bonds is 5. The van der Waals surface area contributed by atoms with Gasteiger partial charge in [-0.2, -0.15) is 11.3 Å². The van der Waals surface area contributed by atoms with E-state index in [-0.39, 0.29) is 36.9 Å². The summed E-state index contributed by atoms with van der Waals surface area (Å²) >= 11 is 1.44. The van der Waals surface area contributed by atoms with Gasteiger partial charge in [0.1, 0.15) is 0 Å². The maximum Gasteiger partial charge on any atom is 0.252 e. The molecule has 2 rings (SSSR count). The standard InChI is InChI=1S/C13H16N2O3S/c16-7-9-1-2-11(5-9)15-12(17)6-14-13(18)10-3-4-19-8-10/h1-4,8-9,11,16H,5-7H2,(H,14,18)(H,15,17)/t9-,11+/m0/s1. The van der Waals surface area contributed by atoms with E-state index in [1.807, 2.05) is 17.5 Å². The number of amides is 2. The van der Waals surface area contributed by atoms with Crippen LogP contribution in [0.25, 0.3) is 0 Å². The molecule has 1 heterocycles. The monoisotopic (exact) mass is 280 g/mol. The lowest BCUT2D eigenvalue weighted by Gasteiger charge is -2.12. The van der Waals surface area contributed by atoms with Crippen LogP contribution in [0.15, 0.2) is 29.0 Å². The van der Waals surface area contributed by atoms with E-state index in [1.165, 1.54) is 11.3 Å². The first-order chi connectivity index (χ1) is 9.19. The number of carbonyl (C=O) groups excluding carboxylic acids is 2. The average Bonchev–Trinajstić information content (AvgIpc) is 3.06. The van der Waals surface area contributed by atoms with Crippen LogP contribution in [-0.2, 0) is 4.79 Å². The second kappa shape index (κ2) is 6.49. The molecule has 0 bridgehead atoms. The van der Waals surface area contributed by atoms with Crippen molar-refractivity contribution in [3.63, 3.8) is 0 Å². The van der Waals surface area contributed by atoms with Gasteiger partial charge in [0, 0.05) is 29.5 Å². The van der Waals surface area contributed by atoms with Crippen molar-refractivity contribution in [3.05, 3.63) is 34.5 Å². The lowest BCUT2D eigenvalue weighted by Crippen LogP contribution is -2.41. The van der Waals surface area contributed by atoms with E-state index in [0.717, 1.165) is 0 Å². The van der Waals surface area contributed by atoms with Crippen molar-refractivity contribution in [1.82, 2.24) is 10.6 Å². The Morgan fingerprint density at radius 3 is 2.89 bits per heavy atom. The minimum Gasteiger partial charge on any atom is -0.396 e. The van der Waals surface area contributed by atoms with E-state index >= 15 is 0 Å². The van der Waals surface area contributed by atoms with Crippen molar-refractivity contribution in [2.75, 3.05) is 13.2 Å². The molecule has 1 aliphatic rings. The highest BCUT2D eigenvalue weighted by atomic mass is 32.1. The quantitative estimate of drug-likeness (QED) is 0.689. The highest BCUT2D eigenvalue weighted by Crippen LogP contribution is 2.16. The van der Waals surface area contributed by atoms with Gasteiger partial charge in [-0.15, -0.1) is 0 Å². The highest BCUT2D eigenvalue weighted by Gasteiger charge is 2.19. The van der Waals surface area contributed by atoms with E-state index in [0.29, 0.717) is 12.0 Å². The van der Waals surface area contributed by atoms with Gasteiger partial charge in [-0.05, 0) is 17.9 Å². The van der Waals surface area contributed by atoms with Crippen LogP contribution < -0.4 is 10.6 Å². The molecule has 0 unspecified atom stereocenters. The average molecular weight is 280 g/mol. The lowest BCUT2D eigenvalue weighted by atomic mass is 10.1. The Kier molecular flexibility index (Phi) is 4.70. The second-order valence-corrected chi connectivity index (χ2v) is 5.21. The van der Waals surface area contributed by atoms with Gasteiger partial charge in [0.15, 0.2) is 0 Å². The van der Waals surface area contributed by atoms with Gasteiger partial charge in [0.2, 0.25) is 5.91 Å². The topological polar surface area (TPSA) is 78.4 Å². The fourth-order valence-corrected chi connectivity index (χ4v) is 2.57. The van der Waals surface area contributed by atoms with E-state index in [1.54, 1.807) is 11.4 Å². The molecular formula is C13H16N2O3S. The number of hydrogen-bond donors (Lipinski definition) is 3. The Morgan fingerprint density at radius 1 is 1.42 bits per heavy atom. The van der Waals surface area contributed by atoms with E-state index in [2.05, 4.69) is 10.6 Å². The van der Waals surface area contributed by atoms with Crippen LogP contribution in [0, 0.1) is 5.92 Å². The minimum absolute atomic E-state index is 0.0389. The molecule has 5 nitrogen and oxygen atoms in total. The molecule has 0 saturated carbocycles. The van der Waals surface area contributed by atoms with E-state index < -0.39 is 0 Å². The number of aliphatic hydroxyl groups is 1. The summed E-state index contributed by atoms with van der Waals surface area (Å²) in [6, 6.07) is 1.66. The third-order valence-corrected chi connectivity index (χ3v) is 3.63. The lowest BCUT2D eigenvalue weighted by molar-refractivity contribution is -0.120. The smallest absolute Gasteiger partial charge is 0.252 e. The van der Waals surface area contributed by atoms with Crippen molar-refractivity contribution in [3.8, 4) is 0 Å². The minimum atomic E-state index is -0.244. The summed E-state index contributed by atoms with van der Waals surface area (Å²) in [4.78, 5) is 23.3. The molecule has 1 aromatic rings. The second-order valence-electron chi connectivity index (χ2n) is 4.43. The summed E-state index contributed by atoms with van der Waals surface area (Å²) in [5, 5.41) is 17.9. The van der Waals surface area contributed by atoms with Crippen molar-refractivity contribution in [2.24, 2.45) is 5.92 Å². The highest BCUT2D eigenvalue weighted by molar-refractivity contribution is 7.08. The first-order valence-electron chi connectivity index (χ1n) is 6.08. The molecule has 1 aromatic heterocycles. The fourth-order valence-electron chi connectivity index (χ4n) is 1.93. The Balaban J connectivity index is 1.71. The van der Waals surface area contributed by atoms with Crippen molar-refractivity contribution < 1.29 is 14.7 Å². The number of aliphatic hydroxyl groups excluding tert-OH is 1. The number of hydrogen-bond acceptors (Lipinski definition) is 4. The van der Waals surface area contributed by atoms with Gasteiger partial charge >= 0.3 is 0 Å². The molecular weight excluding hydrogens is 264 g/mol. The number of carbonyl (C=O) groups is 2. The first-order valence-corrected chi connectivity index (χ1v) is 7.02. The summed E-state index contributed by atoms with van der Waals surface area (Å²) in [6.07, 6.45) is 4.48. The third kappa shape index (κ3) is 3.90. The van der Waals surface area contributed by atoms with Crippen LogP contribution in [-0.4, -0.2) is 36.1 Å². The summed E-state index contributed by atoms with van der Waals surface area (Å²) in [5.74, 6) is -0.353. The van der Waals surface area contributed by atoms with Crippen LogP contribution in [0.5, 0.6) is 0 Å². The first kappa shape index (κ1) is 13.8. The van der Waals surface area contributed by atoms with Crippen LogP contribution in [0.3, 0.4) is 0 Å². The van der Waals surface area contributed by atoms with Crippen LogP contribution in [0.2, 0.25) is 0 Å². The van der Waals surface area contributed by atoms with Gasteiger partial charge in [0.25, 0.3) is 5.91 Å². The maximum atomic E-state index is 11.6. The fraction of sp³-hybridized carbons (Fsp3) is 0.385. The largest absolute Gasteiger partial charge is 0.396 e.